The average molecular weight is 326 g/mol. The summed E-state index contributed by atoms with van der Waals surface area (Å²) in [4.78, 5) is 29.2. The highest BCUT2D eigenvalue weighted by Crippen LogP contribution is 2.42. The molecule has 0 spiro atoms. The van der Waals surface area contributed by atoms with Crippen LogP contribution in [0.1, 0.15) is 15.8 Å². The van der Waals surface area contributed by atoms with Crippen molar-refractivity contribution >= 4 is 34.9 Å². The average Bonchev–Trinajstić information content (AvgIpc) is 3.07. The summed E-state index contributed by atoms with van der Waals surface area (Å²) in [5.74, 6) is 0.533. The first kappa shape index (κ1) is 14.9. The van der Waals surface area contributed by atoms with Crippen LogP contribution in [0, 0.1) is 6.92 Å². The van der Waals surface area contributed by atoms with E-state index >= 15 is 0 Å². The number of carbonyl (C=O) groups excluding carboxylic acids is 2. The number of thioether (sulfide) groups is 1. The van der Waals surface area contributed by atoms with Crippen molar-refractivity contribution in [2.24, 2.45) is 0 Å². The Balaban J connectivity index is 1.71. The Morgan fingerprint density at radius 1 is 1.43 bits per heavy atom. The summed E-state index contributed by atoms with van der Waals surface area (Å²) >= 11 is 3.27. The maximum Gasteiger partial charge on any atom is 0.242 e. The van der Waals surface area contributed by atoms with E-state index in [4.69, 9.17) is 4.74 Å². The van der Waals surface area contributed by atoms with Gasteiger partial charge < -0.3 is 14.5 Å². The predicted octanol–water partition coefficient (Wildman–Crippen LogP) is 1.49. The minimum absolute atomic E-state index is 0.0116. The molecule has 3 rings (SSSR count). The molecule has 1 unspecified atom stereocenters. The quantitative estimate of drug-likeness (QED) is 0.844. The molecule has 0 aliphatic carbocycles. The third-order valence-electron chi connectivity index (χ3n) is 3.76. The highest BCUT2D eigenvalue weighted by atomic mass is 32.2. The highest BCUT2D eigenvalue weighted by Gasteiger charge is 2.36. The van der Waals surface area contributed by atoms with Crippen LogP contribution in [0.15, 0.2) is 11.4 Å². The summed E-state index contributed by atoms with van der Waals surface area (Å²) in [6, 6.07) is 2.06. The standard InChI is InChI=1S/C14H18N2O3S2/c1-10-2-7-20-13(10)14-16(12(18)9-21-14)8-11(17)15-3-5-19-6-4-15/h2,7,14H,3-6,8-9H2,1H3. The van der Waals surface area contributed by atoms with E-state index in [0.29, 0.717) is 32.1 Å². The predicted molar refractivity (Wildman–Crippen MR) is 83.4 cm³/mol. The van der Waals surface area contributed by atoms with Gasteiger partial charge in [0.1, 0.15) is 11.9 Å². The molecular formula is C14H18N2O3S2. The van der Waals surface area contributed by atoms with Crippen molar-refractivity contribution in [1.82, 2.24) is 9.80 Å². The molecule has 0 aromatic carbocycles. The first-order valence-corrected chi connectivity index (χ1v) is 8.90. The molecule has 1 aromatic heterocycles. The Hall–Kier alpha value is -1.05. The van der Waals surface area contributed by atoms with Crippen molar-refractivity contribution in [3.8, 4) is 0 Å². The highest BCUT2D eigenvalue weighted by molar-refractivity contribution is 8.00. The lowest BCUT2D eigenvalue weighted by Gasteiger charge is -2.30. The van der Waals surface area contributed by atoms with Gasteiger partial charge in [-0.3, -0.25) is 9.59 Å². The Labute approximate surface area is 132 Å². The lowest BCUT2D eigenvalue weighted by molar-refractivity contribution is -0.141. The number of morpholine rings is 1. The molecule has 1 atom stereocenters. The summed E-state index contributed by atoms with van der Waals surface area (Å²) in [5, 5.41) is 2.03. The molecule has 0 N–H and O–H groups in total. The van der Waals surface area contributed by atoms with E-state index in [9.17, 15) is 9.59 Å². The number of carbonyl (C=O) groups is 2. The molecule has 2 saturated heterocycles. The Morgan fingerprint density at radius 3 is 2.86 bits per heavy atom. The second-order valence-electron chi connectivity index (χ2n) is 5.15. The number of rotatable bonds is 3. The summed E-state index contributed by atoms with van der Waals surface area (Å²) in [6.45, 7) is 4.64. The van der Waals surface area contributed by atoms with E-state index in [1.165, 1.54) is 10.4 Å². The van der Waals surface area contributed by atoms with Crippen molar-refractivity contribution in [3.05, 3.63) is 21.9 Å². The van der Waals surface area contributed by atoms with E-state index in [-0.39, 0.29) is 23.7 Å². The van der Waals surface area contributed by atoms with Crippen molar-refractivity contribution in [2.75, 3.05) is 38.6 Å². The normalized spacial score (nSPS) is 22.9. The fourth-order valence-electron chi connectivity index (χ4n) is 2.54. The van der Waals surface area contributed by atoms with Crippen LogP contribution in [-0.4, -0.2) is 60.2 Å². The number of amides is 2. The maximum atomic E-state index is 12.4. The molecule has 2 fully saturated rings. The van der Waals surface area contributed by atoms with E-state index < -0.39 is 0 Å². The number of hydrogen-bond donors (Lipinski definition) is 0. The maximum absolute atomic E-state index is 12.4. The van der Waals surface area contributed by atoms with Crippen LogP contribution >= 0.6 is 23.1 Å². The molecule has 2 aliphatic heterocycles. The summed E-state index contributed by atoms with van der Waals surface area (Å²) in [5.41, 5.74) is 1.19. The van der Waals surface area contributed by atoms with Crippen LogP contribution in [-0.2, 0) is 14.3 Å². The number of aryl methyl sites for hydroxylation is 1. The number of nitrogens with zero attached hydrogens (tertiary/aromatic N) is 2. The van der Waals surface area contributed by atoms with Crippen LogP contribution in [0.2, 0.25) is 0 Å². The van der Waals surface area contributed by atoms with Crippen molar-refractivity contribution in [3.63, 3.8) is 0 Å². The zero-order chi connectivity index (χ0) is 14.8. The fraction of sp³-hybridized carbons (Fsp3) is 0.571. The zero-order valence-corrected chi connectivity index (χ0v) is 13.5. The van der Waals surface area contributed by atoms with Gasteiger partial charge in [0.05, 0.1) is 19.0 Å². The molecule has 114 valence electrons. The molecule has 7 heteroatoms. The molecule has 3 heterocycles. The minimum Gasteiger partial charge on any atom is -0.378 e. The van der Waals surface area contributed by atoms with Crippen LogP contribution in [0.5, 0.6) is 0 Å². The molecule has 5 nitrogen and oxygen atoms in total. The summed E-state index contributed by atoms with van der Waals surface area (Å²) in [7, 11) is 0. The first-order valence-electron chi connectivity index (χ1n) is 6.97. The second-order valence-corrected chi connectivity index (χ2v) is 7.16. The van der Waals surface area contributed by atoms with Crippen LogP contribution < -0.4 is 0 Å². The second kappa shape index (κ2) is 6.37. The third-order valence-corrected chi connectivity index (χ3v) is 6.20. The van der Waals surface area contributed by atoms with Gasteiger partial charge in [-0.05, 0) is 23.9 Å². The summed E-state index contributed by atoms with van der Waals surface area (Å²) in [6.07, 6.45) is 0. The zero-order valence-electron chi connectivity index (χ0n) is 11.9. The van der Waals surface area contributed by atoms with Crippen LogP contribution in [0.3, 0.4) is 0 Å². The Kier molecular flexibility index (Phi) is 4.51. The molecule has 21 heavy (non-hydrogen) atoms. The molecule has 1 aromatic rings. The van der Waals surface area contributed by atoms with Crippen molar-refractivity contribution in [1.29, 1.82) is 0 Å². The number of hydrogen-bond acceptors (Lipinski definition) is 5. The van der Waals surface area contributed by atoms with Gasteiger partial charge in [0.25, 0.3) is 0 Å². The van der Waals surface area contributed by atoms with Crippen molar-refractivity contribution < 1.29 is 14.3 Å². The van der Waals surface area contributed by atoms with Crippen LogP contribution in [0.4, 0.5) is 0 Å². The van der Waals surface area contributed by atoms with Gasteiger partial charge in [0.2, 0.25) is 11.8 Å². The minimum atomic E-state index is -0.0116. The molecule has 0 radical (unpaired) electrons. The lowest BCUT2D eigenvalue weighted by atomic mass is 10.2. The van der Waals surface area contributed by atoms with Crippen molar-refractivity contribution in [2.45, 2.75) is 12.3 Å². The topological polar surface area (TPSA) is 49.9 Å². The smallest absolute Gasteiger partial charge is 0.242 e. The van der Waals surface area contributed by atoms with Gasteiger partial charge in [-0.1, -0.05) is 0 Å². The van der Waals surface area contributed by atoms with Gasteiger partial charge >= 0.3 is 0 Å². The SMILES string of the molecule is Cc1ccsc1C1SCC(=O)N1CC(=O)N1CCOCC1. The van der Waals surface area contributed by atoms with Gasteiger partial charge in [-0.2, -0.15) is 0 Å². The van der Waals surface area contributed by atoms with E-state index in [1.807, 2.05) is 5.38 Å². The van der Waals surface area contributed by atoms with Crippen LogP contribution in [0.25, 0.3) is 0 Å². The molecule has 2 aliphatic rings. The molecule has 0 bridgehead atoms. The largest absolute Gasteiger partial charge is 0.378 e. The number of ether oxygens (including phenoxy) is 1. The number of thiophene rings is 1. The van der Waals surface area contributed by atoms with E-state index in [0.717, 1.165) is 0 Å². The molecule has 2 amide bonds. The Bertz CT molecular complexity index is 540. The fourth-order valence-corrected chi connectivity index (χ4v) is 5.00. The van der Waals surface area contributed by atoms with E-state index in [1.54, 1.807) is 32.9 Å². The van der Waals surface area contributed by atoms with E-state index in [2.05, 4.69) is 13.0 Å². The monoisotopic (exact) mass is 326 g/mol. The third kappa shape index (κ3) is 3.09. The van der Waals surface area contributed by atoms with Gasteiger partial charge in [0, 0.05) is 18.0 Å². The van der Waals surface area contributed by atoms with Gasteiger partial charge in [0.15, 0.2) is 0 Å². The molecular weight excluding hydrogens is 308 g/mol. The molecule has 0 saturated carbocycles. The van der Waals surface area contributed by atoms with Gasteiger partial charge in [-0.25, -0.2) is 0 Å². The lowest BCUT2D eigenvalue weighted by Crippen LogP contribution is -2.46. The van der Waals surface area contributed by atoms with Gasteiger partial charge in [-0.15, -0.1) is 23.1 Å². The summed E-state index contributed by atoms with van der Waals surface area (Å²) < 4.78 is 5.26. The first-order chi connectivity index (χ1) is 10.2. The Morgan fingerprint density at radius 2 is 2.19 bits per heavy atom.